The van der Waals surface area contributed by atoms with E-state index in [1.165, 1.54) is 19.3 Å². The summed E-state index contributed by atoms with van der Waals surface area (Å²) in [6.45, 7) is 0. The van der Waals surface area contributed by atoms with Crippen molar-refractivity contribution in [2.45, 2.75) is 38.2 Å². The molecule has 0 aromatic carbocycles. The molecule has 3 heteroatoms. The van der Waals surface area contributed by atoms with E-state index in [2.05, 4.69) is 4.89 Å². The molecule has 0 bridgehead atoms. The van der Waals surface area contributed by atoms with Gasteiger partial charge in [-0.25, -0.2) is 4.89 Å². The molecule has 3 N–H and O–H groups in total. The van der Waals surface area contributed by atoms with Crippen LogP contribution in [0.1, 0.15) is 32.1 Å². The minimum Gasteiger partial charge on any atom is -0.412 e. The highest BCUT2D eigenvalue weighted by Gasteiger charge is 2.12. The highest BCUT2D eigenvalue weighted by Crippen LogP contribution is 2.18. The zero-order valence-electron chi connectivity index (χ0n) is 5.47. The predicted molar refractivity (Wildman–Crippen MR) is 34.2 cm³/mol. The van der Waals surface area contributed by atoms with Crippen LogP contribution in [0.4, 0.5) is 0 Å². The van der Waals surface area contributed by atoms with Crippen LogP contribution in [0.15, 0.2) is 0 Å². The van der Waals surface area contributed by atoms with E-state index in [9.17, 15) is 0 Å². The smallest absolute Gasteiger partial charge is 0.0927 e. The molecule has 0 heterocycles. The fourth-order valence-corrected chi connectivity index (χ4v) is 1.17. The third kappa shape index (κ3) is 2.79. The Kier molecular flexibility index (Phi) is 4.67. The van der Waals surface area contributed by atoms with Crippen molar-refractivity contribution in [3.63, 3.8) is 0 Å². The molecule has 0 aromatic rings. The molecule has 3 nitrogen and oxygen atoms in total. The van der Waals surface area contributed by atoms with Crippen LogP contribution in [0.2, 0.25) is 0 Å². The highest BCUT2D eigenvalue weighted by molar-refractivity contribution is 4.62. The first kappa shape index (κ1) is 8.88. The molecule has 0 saturated heterocycles. The Balaban J connectivity index is 0.000000640. The first-order valence-corrected chi connectivity index (χ1v) is 3.23. The van der Waals surface area contributed by atoms with Crippen molar-refractivity contribution in [3.05, 3.63) is 0 Å². The summed E-state index contributed by atoms with van der Waals surface area (Å²) in [4.78, 5) is 4.19. The SMILES string of the molecule is O.OOC1CCCCC1. The Labute approximate surface area is 54.9 Å². The Morgan fingerprint density at radius 1 is 1.11 bits per heavy atom. The van der Waals surface area contributed by atoms with Crippen LogP contribution in [0.25, 0.3) is 0 Å². The summed E-state index contributed by atoms with van der Waals surface area (Å²) in [5.41, 5.74) is 0. The van der Waals surface area contributed by atoms with Crippen molar-refractivity contribution in [3.8, 4) is 0 Å². The van der Waals surface area contributed by atoms with Gasteiger partial charge in [0.1, 0.15) is 0 Å². The van der Waals surface area contributed by atoms with E-state index in [0.29, 0.717) is 0 Å². The summed E-state index contributed by atoms with van der Waals surface area (Å²) in [6.07, 6.45) is 5.95. The van der Waals surface area contributed by atoms with Crippen LogP contribution < -0.4 is 0 Å². The Hall–Kier alpha value is -0.120. The van der Waals surface area contributed by atoms with Gasteiger partial charge < -0.3 is 5.48 Å². The summed E-state index contributed by atoms with van der Waals surface area (Å²) in [6, 6.07) is 0. The lowest BCUT2D eigenvalue weighted by atomic mass is 9.98. The average Bonchev–Trinajstić information content (AvgIpc) is 1.90. The maximum atomic E-state index is 8.19. The van der Waals surface area contributed by atoms with E-state index in [1.807, 2.05) is 0 Å². The second-order valence-electron chi connectivity index (χ2n) is 2.37. The van der Waals surface area contributed by atoms with Gasteiger partial charge >= 0.3 is 0 Å². The minimum atomic E-state index is 0. The lowest BCUT2D eigenvalue weighted by Gasteiger charge is -2.17. The Morgan fingerprint density at radius 2 is 1.67 bits per heavy atom. The molecule has 1 aliphatic rings. The Morgan fingerprint density at radius 3 is 2.00 bits per heavy atom. The molecular formula is C6H14O3. The van der Waals surface area contributed by atoms with Crippen LogP contribution in [0.3, 0.4) is 0 Å². The first-order valence-electron chi connectivity index (χ1n) is 3.23. The molecule has 0 aliphatic heterocycles. The summed E-state index contributed by atoms with van der Waals surface area (Å²) in [7, 11) is 0. The summed E-state index contributed by atoms with van der Waals surface area (Å²) >= 11 is 0. The van der Waals surface area contributed by atoms with Crippen LogP contribution in [-0.4, -0.2) is 16.8 Å². The molecule has 1 rings (SSSR count). The number of hydrogen-bond acceptors (Lipinski definition) is 2. The zero-order valence-corrected chi connectivity index (χ0v) is 5.47. The molecule has 0 atom stereocenters. The topological polar surface area (TPSA) is 61.0 Å². The van der Waals surface area contributed by atoms with Gasteiger partial charge in [0.2, 0.25) is 0 Å². The van der Waals surface area contributed by atoms with E-state index < -0.39 is 0 Å². The monoisotopic (exact) mass is 134 g/mol. The molecule has 0 amide bonds. The van der Waals surface area contributed by atoms with Gasteiger partial charge in [-0.2, -0.15) is 0 Å². The van der Waals surface area contributed by atoms with Gasteiger partial charge in [0.15, 0.2) is 0 Å². The second-order valence-corrected chi connectivity index (χ2v) is 2.37. The molecule has 9 heavy (non-hydrogen) atoms. The highest BCUT2D eigenvalue weighted by atomic mass is 17.1. The number of hydrogen-bond donors (Lipinski definition) is 1. The van der Waals surface area contributed by atoms with E-state index >= 15 is 0 Å². The lowest BCUT2D eigenvalue weighted by molar-refractivity contribution is -0.283. The third-order valence-electron chi connectivity index (χ3n) is 1.70. The van der Waals surface area contributed by atoms with Gasteiger partial charge in [-0.3, -0.25) is 5.26 Å². The van der Waals surface area contributed by atoms with Crippen molar-refractivity contribution in [2.75, 3.05) is 0 Å². The average molecular weight is 134 g/mol. The molecule has 1 saturated carbocycles. The van der Waals surface area contributed by atoms with Crippen molar-refractivity contribution in [1.29, 1.82) is 0 Å². The molecule has 0 aromatic heterocycles. The van der Waals surface area contributed by atoms with Crippen LogP contribution in [0, 0.1) is 0 Å². The van der Waals surface area contributed by atoms with Gasteiger partial charge in [0, 0.05) is 0 Å². The predicted octanol–water partition coefficient (Wildman–Crippen LogP) is 0.984. The quantitative estimate of drug-likeness (QED) is 0.429. The van der Waals surface area contributed by atoms with Gasteiger partial charge in [-0.1, -0.05) is 19.3 Å². The van der Waals surface area contributed by atoms with Crippen molar-refractivity contribution in [2.24, 2.45) is 0 Å². The fraction of sp³-hybridized carbons (Fsp3) is 1.00. The summed E-state index contributed by atoms with van der Waals surface area (Å²) in [5.74, 6) is 0. The first-order chi connectivity index (χ1) is 3.93. The van der Waals surface area contributed by atoms with E-state index in [4.69, 9.17) is 5.26 Å². The van der Waals surface area contributed by atoms with Gasteiger partial charge in [-0.15, -0.1) is 0 Å². The third-order valence-corrected chi connectivity index (χ3v) is 1.70. The molecule has 0 unspecified atom stereocenters. The normalized spacial score (nSPS) is 21.0. The van der Waals surface area contributed by atoms with E-state index in [-0.39, 0.29) is 11.6 Å². The summed E-state index contributed by atoms with van der Waals surface area (Å²) in [5, 5.41) is 8.19. The standard InChI is InChI=1S/C6H12O2.H2O/c7-8-6-4-2-1-3-5-6;/h6-7H,1-5H2;1H2. The molecular weight excluding hydrogens is 120 g/mol. The van der Waals surface area contributed by atoms with Crippen LogP contribution in [0.5, 0.6) is 0 Å². The van der Waals surface area contributed by atoms with E-state index in [0.717, 1.165) is 12.8 Å². The molecule has 1 aliphatic carbocycles. The largest absolute Gasteiger partial charge is 0.412 e. The van der Waals surface area contributed by atoms with Crippen LogP contribution in [-0.2, 0) is 4.89 Å². The molecule has 0 spiro atoms. The van der Waals surface area contributed by atoms with Gasteiger partial charge in [-0.05, 0) is 12.8 Å². The fourth-order valence-electron chi connectivity index (χ4n) is 1.17. The lowest BCUT2D eigenvalue weighted by Crippen LogP contribution is -2.14. The summed E-state index contributed by atoms with van der Waals surface area (Å²) < 4.78 is 0. The molecule has 56 valence electrons. The van der Waals surface area contributed by atoms with Crippen molar-refractivity contribution >= 4 is 0 Å². The van der Waals surface area contributed by atoms with Gasteiger partial charge in [0.25, 0.3) is 0 Å². The van der Waals surface area contributed by atoms with Crippen LogP contribution >= 0.6 is 0 Å². The maximum absolute atomic E-state index is 8.19. The second kappa shape index (κ2) is 4.73. The number of rotatable bonds is 1. The van der Waals surface area contributed by atoms with Gasteiger partial charge in [0.05, 0.1) is 6.10 Å². The molecule has 1 fully saturated rings. The Bertz CT molecular complexity index is 59.3. The minimum absolute atomic E-state index is 0. The van der Waals surface area contributed by atoms with E-state index in [1.54, 1.807) is 0 Å². The van der Waals surface area contributed by atoms with Crippen molar-refractivity contribution in [1.82, 2.24) is 0 Å². The van der Waals surface area contributed by atoms with Crippen molar-refractivity contribution < 1.29 is 15.6 Å². The molecule has 0 radical (unpaired) electrons. The zero-order chi connectivity index (χ0) is 5.82. The maximum Gasteiger partial charge on any atom is 0.0927 e.